The van der Waals surface area contributed by atoms with E-state index in [-0.39, 0.29) is 0 Å². The van der Waals surface area contributed by atoms with Gasteiger partial charge in [0, 0.05) is 0 Å². The van der Waals surface area contributed by atoms with Crippen molar-refractivity contribution in [2.24, 2.45) is 11.8 Å². The Hall–Kier alpha value is -0.520. The molecule has 0 nitrogen and oxygen atoms in total. The smallest absolute Gasteiger partial charge is 0.00857 e. The van der Waals surface area contributed by atoms with Gasteiger partial charge in [0.2, 0.25) is 0 Å². The van der Waals surface area contributed by atoms with Crippen LogP contribution in [0.1, 0.15) is 47.0 Å². The molecule has 1 aliphatic rings. The van der Waals surface area contributed by atoms with Crippen LogP contribution in [-0.2, 0) is 0 Å². The molecule has 0 unspecified atom stereocenters. The summed E-state index contributed by atoms with van der Waals surface area (Å²) >= 11 is 0. The van der Waals surface area contributed by atoms with Gasteiger partial charge in [0.25, 0.3) is 0 Å². The summed E-state index contributed by atoms with van der Waals surface area (Å²) in [5.41, 5.74) is 3.05. The van der Waals surface area contributed by atoms with Crippen LogP contribution in [0, 0.1) is 17.9 Å². The van der Waals surface area contributed by atoms with Gasteiger partial charge in [0.1, 0.15) is 0 Å². The van der Waals surface area contributed by atoms with E-state index < -0.39 is 0 Å². The summed E-state index contributed by atoms with van der Waals surface area (Å²) in [7, 11) is 0. The molecule has 0 N–H and O–H groups in total. The average molecular weight is 177 g/mol. The normalized spacial score (nSPS) is 16.8. The summed E-state index contributed by atoms with van der Waals surface area (Å²) in [6.45, 7) is 9.12. The fourth-order valence-corrected chi connectivity index (χ4v) is 1.79. The Kier molecular flexibility index (Phi) is 3.77. The van der Waals surface area contributed by atoms with Crippen molar-refractivity contribution in [2.45, 2.75) is 47.0 Å². The predicted octanol–water partition coefficient (Wildman–Crippen LogP) is 4.14. The van der Waals surface area contributed by atoms with Gasteiger partial charge in [-0.3, -0.25) is 0 Å². The molecule has 73 valence electrons. The zero-order valence-electron chi connectivity index (χ0n) is 9.35. The second kappa shape index (κ2) is 4.64. The quantitative estimate of drug-likeness (QED) is 0.605. The van der Waals surface area contributed by atoms with Crippen molar-refractivity contribution in [2.75, 3.05) is 0 Å². The van der Waals surface area contributed by atoms with E-state index >= 15 is 0 Å². The lowest BCUT2D eigenvalue weighted by atomic mass is 9.93. The van der Waals surface area contributed by atoms with Gasteiger partial charge in [-0.05, 0) is 48.3 Å². The van der Waals surface area contributed by atoms with Crippen LogP contribution in [-0.4, -0.2) is 0 Å². The maximum Gasteiger partial charge on any atom is -0.00857 e. The molecule has 0 amide bonds. The lowest BCUT2D eigenvalue weighted by Gasteiger charge is -2.12. The zero-order chi connectivity index (χ0) is 9.84. The highest BCUT2D eigenvalue weighted by atomic mass is 14.2. The number of allylic oxidation sites excluding steroid dienone is 4. The van der Waals surface area contributed by atoms with Crippen molar-refractivity contribution in [3.8, 4) is 0 Å². The molecule has 0 spiro atoms. The summed E-state index contributed by atoms with van der Waals surface area (Å²) in [6, 6.07) is 0. The topological polar surface area (TPSA) is 0 Å². The summed E-state index contributed by atoms with van der Waals surface area (Å²) in [6.07, 6.45) is 9.30. The third kappa shape index (κ3) is 3.38. The van der Waals surface area contributed by atoms with Gasteiger partial charge in [-0.2, -0.15) is 0 Å². The minimum atomic E-state index is 0.760. The van der Waals surface area contributed by atoms with Crippen molar-refractivity contribution in [1.29, 1.82) is 0 Å². The fourth-order valence-electron chi connectivity index (χ4n) is 1.79. The van der Waals surface area contributed by atoms with E-state index in [4.69, 9.17) is 0 Å². The van der Waals surface area contributed by atoms with Gasteiger partial charge >= 0.3 is 0 Å². The lowest BCUT2D eigenvalue weighted by Crippen LogP contribution is -1.97. The first-order valence-corrected chi connectivity index (χ1v) is 5.38. The number of hydrogen-bond donors (Lipinski definition) is 0. The SMILES string of the molecule is CC(C)CC1=[C]CC=C1CC(C)C. The molecule has 0 atom stereocenters. The standard InChI is InChI=1S/C13H21/c1-10(2)8-12-6-5-7-13(12)9-11(3)4/h6,10-11H,5,8-9H2,1-4H3. The van der Waals surface area contributed by atoms with Crippen molar-refractivity contribution in [3.05, 3.63) is 23.3 Å². The Morgan fingerprint density at radius 2 is 1.77 bits per heavy atom. The van der Waals surface area contributed by atoms with Crippen LogP contribution < -0.4 is 0 Å². The van der Waals surface area contributed by atoms with Gasteiger partial charge in [0.15, 0.2) is 0 Å². The van der Waals surface area contributed by atoms with Gasteiger partial charge < -0.3 is 0 Å². The van der Waals surface area contributed by atoms with E-state index in [1.165, 1.54) is 18.4 Å². The molecular weight excluding hydrogens is 156 g/mol. The third-order valence-electron chi connectivity index (χ3n) is 2.29. The molecule has 0 aromatic carbocycles. The van der Waals surface area contributed by atoms with Crippen LogP contribution in [0.5, 0.6) is 0 Å². The molecule has 0 aliphatic heterocycles. The third-order valence-corrected chi connectivity index (χ3v) is 2.29. The first kappa shape index (κ1) is 10.6. The molecule has 13 heavy (non-hydrogen) atoms. The highest BCUT2D eigenvalue weighted by molar-refractivity contribution is 5.34. The van der Waals surface area contributed by atoms with Crippen molar-refractivity contribution < 1.29 is 0 Å². The molecule has 0 fully saturated rings. The Labute approximate surface area is 82.7 Å². The molecule has 0 bridgehead atoms. The molecular formula is C13H21. The Morgan fingerprint density at radius 1 is 1.15 bits per heavy atom. The van der Waals surface area contributed by atoms with Gasteiger partial charge in [-0.15, -0.1) is 0 Å². The zero-order valence-corrected chi connectivity index (χ0v) is 9.35. The Morgan fingerprint density at radius 3 is 2.31 bits per heavy atom. The van der Waals surface area contributed by atoms with E-state index in [9.17, 15) is 0 Å². The van der Waals surface area contributed by atoms with E-state index in [1.807, 2.05) is 0 Å². The van der Waals surface area contributed by atoms with Crippen LogP contribution in [0.15, 0.2) is 17.2 Å². The average Bonchev–Trinajstić information content (AvgIpc) is 2.34. The fraction of sp³-hybridized carbons (Fsp3) is 0.692. The van der Waals surface area contributed by atoms with Gasteiger partial charge in [-0.25, -0.2) is 0 Å². The summed E-state index contributed by atoms with van der Waals surface area (Å²) in [4.78, 5) is 0. The number of hydrogen-bond acceptors (Lipinski definition) is 0. The van der Waals surface area contributed by atoms with Gasteiger partial charge in [0.05, 0.1) is 0 Å². The highest BCUT2D eigenvalue weighted by Crippen LogP contribution is 2.29. The molecule has 0 heteroatoms. The van der Waals surface area contributed by atoms with E-state index in [2.05, 4.69) is 39.8 Å². The second-order valence-corrected chi connectivity index (χ2v) is 4.78. The molecule has 1 radical (unpaired) electrons. The van der Waals surface area contributed by atoms with Crippen LogP contribution in [0.4, 0.5) is 0 Å². The number of rotatable bonds is 4. The van der Waals surface area contributed by atoms with Crippen LogP contribution in [0.3, 0.4) is 0 Å². The minimum Gasteiger partial charge on any atom is -0.0766 e. The Bertz CT molecular complexity index is 192. The van der Waals surface area contributed by atoms with Crippen LogP contribution >= 0.6 is 0 Å². The van der Waals surface area contributed by atoms with Crippen LogP contribution in [0.25, 0.3) is 0 Å². The molecule has 0 saturated heterocycles. The largest absolute Gasteiger partial charge is 0.0766 e. The highest BCUT2D eigenvalue weighted by Gasteiger charge is 2.12. The van der Waals surface area contributed by atoms with E-state index in [1.54, 1.807) is 5.57 Å². The van der Waals surface area contributed by atoms with Crippen molar-refractivity contribution in [3.63, 3.8) is 0 Å². The maximum absolute atomic E-state index is 3.47. The van der Waals surface area contributed by atoms with Crippen molar-refractivity contribution >= 4 is 0 Å². The molecule has 1 rings (SSSR count). The molecule has 1 aliphatic carbocycles. The van der Waals surface area contributed by atoms with Gasteiger partial charge in [-0.1, -0.05) is 33.8 Å². The molecule has 0 aromatic heterocycles. The summed E-state index contributed by atoms with van der Waals surface area (Å²) in [5, 5.41) is 0. The molecule has 0 aromatic rings. The summed E-state index contributed by atoms with van der Waals surface area (Å²) in [5.74, 6) is 1.53. The summed E-state index contributed by atoms with van der Waals surface area (Å²) < 4.78 is 0. The predicted molar refractivity (Wildman–Crippen MR) is 58.4 cm³/mol. The van der Waals surface area contributed by atoms with Crippen molar-refractivity contribution in [1.82, 2.24) is 0 Å². The molecule has 0 saturated carbocycles. The first-order valence-electron chi connectivity index (χ1n) is 5.38. The monoisotopic (exact) mass is 177 g/mol. The molecule has 0 heterocycles. The lowest BCUT2D eigenvalue weighted by molar-refractivity contribution is 0.613. The van der Waals surface area contributed by atoms with E-state index in [0.717, 1.165) is 18.3 Å². The first-order chi connectivity index (χ1) is 6.09. The second-order valence-electron chi connectivity index (χ2n) is 4.78. The van der Waals surface area contributed by atoms with Crippen LogP contribution in [0.2, 0.25) is 0 Å². The maximum atomic E-state index is 3.47. The Balaban J connectivity index is 2.51. The minimum absolute atomic E-state index is 0.760. The van der Waals surface area contributed by atoms with E-state index in [0.29, 0.717) is 0 Å².